The maximum absolute atomic E-state index is 11.8. The predicted octanol–water partition coefficient (Wildman–Crippen LogP) is 0.968. The van der Waals surface area contributed by atoms with Crippen molar-refractivity contribution in [3.63, 3.8) is 0 Å². The topological polar surface area (TPSA) is 75.8 Å². The van der Waals surface area contributed by atoms with Gasteiger partial charge in [-0.3, -0.25) is 0 Å². The summed E-state index contributed by atoms with van der Waals surface area (Å²) < 4.78 is 24.4. The largest absolute Gasteiger partial charge is 0.322 e. The highest BCUT2D eigenvalue weighted by atomic mass is 32.2. The van der Waals surface area contributed by atoms with Crippen LogP contribution >= 0.6 is 0 Å². The molecule has 0 N–H and O–H groups in total. The van der Waals surface area contributed by atoms with E-state index in [9.17, 15) is 8.42 Å². The van der Waals surface area contributed by atoms with Gasteiger partial charge in [0.2, 0.25) is 5.82 Å². The number of nitrogens with zero attached hydrogens (tertiary/aromatic N) is 3. The standard InChI is InChI=1S/C10H15N3O2S/c1-10(2,3)16(14,15)7-6-13-5-4-12-9(13)8-11/h4-5H,6-7H2,1-3H3. The summed E-state index contributed by atoms with van der Waals surface area (Å²) >= 11 is 0. The number of nitriles is 1. The Balaban J connectivity index is 2.78. The van der Waals surface area contributed by atoms with Gasteiger partial charge < -0.3 is 4.57 Å². The van der Waals surface area contributed by atoms with Crippen LogP contribution in [0, 0.1) is 11.3 Å². The molecule has 0 bridgehead atoms. The molecule has 0 spiro atoms. The van der Waals surface area contributed by atoms with E-state index in [1.807, 2.05) is 6.07 Å². The molecule has 0 aliphatic rings. The molecule has 0 atom stereocenters. The zero-order valence-electron chi connectivity index (χ0n) is 9.64. The van der Waals surface area contributed by atoms with E-state index in [4.69, 9.17) is 5.26 Å². The second-order valence-corrected chi connectivity index (χ2v) is 7.35. The Kier molecular flexibility index (Phi) is 3.38. The first-order valence-electron chi connectivity index (χ1n) is 4.91. The number of hydrogen-bond acceptors (Lipinski definition) is 4. The Labute approximate surface area is 95.6 Å². The van der Waals surface area contributed by atoms with Crippen molar-refractivity contribution >= 4 is 9.84 Å². The van der Waals surface area contributed by atoms with Crippen LogP contribution in [-0.2, 0) is 16.4 Å². The molecule has 0 radical (unpaired) electrons. The van der Waals surface area contributed by atoms with Crippen LogP contribution in [-0.4, -0.2) is 28.5 Å². The van der Waals surface area contributed by atoms with E-state index in [-0.39, 0.29) is 18.1 Å². The van der Waals surface area contributed by atoms with Gasteiger partial charge in [-0.1, -0.05) is 0 Å². The van der Waals surface area contributed by atoms with Gasteiger partial charge in [0.25, 0.3) is 0 Å². The molecule has 0 aromatic carbocycles. The Morgan fingerprint density at radius 1 is 1.50 bits per heavy atom. The van der Waals surface area contributed by atoms with E-state index in [0.717, 1.165) is 0 Å². The molecule has 0 amide bonds. The van der Waals surface area contributed by atoms with Crippen LogP contribution in [0.1, 0.15) is 26.6 Å². The minimum atomic E-state index is -3.16. The van der Waals surface area contributed by atoms with Gasteiger partial charge in [-0.05, 0) is 20.8 Å². The van der Waals surface area contributed by atoms with Crippen LogP contribution in [0.4, 0.5) is 0 Å². The summed E-state index contributed by atoms with van der Waals surface area (Å²) in [6.45, 7) is 5.27. The van der Waals surface area contributed by atoms with Crippen molar-refractivity contribution < 1.29 is 8.42 Å². The second-order valence-electron chi connectivity index (χ2n) is 4.49. The molecule has 1 aromatic rings. The van der Waals surface area contributed by atoms with Crippen molar-refractivity contribution in [1.29, 1.82) is 5.26 Å². The van der Waals surface area contributed by atoms with Crippen LogP contribution in [0.3, 0.4) is 0 Å². The maximum Gasteiger partial charge on any atom is 0.212 e. The van der Waals surface area contributed by atoms with E-state index in [1.54, 1.807) is 31.5 Å². The van der Waals surface area contributed by atoms with Crippen molar-refractivity contribution in [2.24, 2.45) is 0 Å². The van der Waals surface area contributed by atoms with Gasteiger partial charge in [-0.25, -0.2) is 13.4 Å². The van der Waals surface area contributed by atoms with Crippen molar-refractivity contribution in [2.45, 2.75) is 32.1 Å². The molecular formula is C10H15N3O2S. The van der Waals surface area contributed by atoms with Crippen LogP contribution < -0.4 is 0 Å². The highest BCUT2D eigenvalue weighted by molar-refractivity contribution is 7.92. The van der Waals surface area contributed by atoms with Gasteiger partial charge in [0.1, 0.15) is 6.07 Å². The fraction of sp³-hybridized carbons (Fsp3) is 0.600. The molecule has 0 fully saturated rings. The zero-order valence-corrected chi connectivity index (χ0v) is 10.5. The average molecular weight is 241 g/mol. The summed E-state index contributed by atoms with van der Waals surface area (Å²) in [6, 6.07) is 1.91. The lowest BCUT2D eigenvalue weighted by Gasteiger charge is -2.19. The number of rotatable bonds is 3. The monoisotopic (exact) mass is 241 g/mol. The number of sulfone groups is 1. The molecule has 5 nitrogen and oxygen atoms in total. The highest BCUT2D eigenvalue weighted by Crippen LogP contribution is 2.16. The van der Waals surface area contributed by atoms with E-state index in [0.29, 0.717) is 0 Å². The normalized spacial score (nSPS) is 12.4. The molecule has 0 saturated heterocycles. The summed E-state index contributed by atoms with van der Waals surface area (Å²) in [5, 5.41) is 8.71. The Bertz CT molecular complexity index is 503. The first-order chi connectivity index (χ1) is 7.28. The molecule has 88 valence electrons. The fourth-order valence-corrected chi connectivity index (χ4v) is 2.18. The van der Waals surface area contributed by atoms with Gasteiger partial charge in [0.15, 0.2) is 9.84 Å². The van der Waals surface area contributed by atoms with Gasteiger partial charge in [0, 0.05) is 18.9 Å². The quantitative estimate of drug-likeness (QED) is 0.790. The van der Waals surface area contributed by atoms with Crippen LogP contribution in [0.15, 0.2) is 12.4 Å². The van der Waals surface area contributed by atoms with E-state index >= 15 is 0 Å². The molecule has 1 heterocycles. The van der Waals surface area contributed by atoms with Crippen LogP contribution in [0.25, 0.3) is 0 Å². The number of imidazole rings is 1. The average Bonchev–Trinajstić information content (AvgIpc) is 2.60. The molecule has 0 unspecified atom stereocenters. The van der Waals surface area contributed by atoms with Gasteiger partial charge in [-0.15, -0.1) is 0 Å². The van der Waals surface area contributed by atoms with Crippen LogP contribution in [0.2, 0.25) is 0 Å². The van der Waals surface area contributed by atoms with Gasteiger partial charge in [0.05, 0.1) is 10.5 Å². The second kappa shape index (κ2) is 4.26. The third kappa shape index (κ3) is 2.61. The first kappa shape index (κ1) is 12.7. The Morgan fingerprint density at radius 3 is 2.62 bits per heavy atom. The lowest BCUT2D eigenvalue weighted by Crippen LogP contribution is -2.32. The SMILES string of the molecule is CC(C)(C)S(=O)(=O)CCn1ccnc1C#N. The highest BCUT2D eigenvalue weighted by Gasteiger charge is 2.28. The van der Waals surface area contributed by atoms with Crippen LogP contribution in [0.5, 0.6) is 0 Å². The minimum absolute atomic E-state index is 0.0154. The molecule has 0 aliphatic carbocycles. The smallest absolute Gasteiger partial charge is 0.212 e. The summed E-state index contributed by atoms with van der Waals surface area (Å²) in [5.74, 6) is 0.255. The van der Waals surface area contributed by atoms with Crippen molar-refractivity contribution in [1.82, 2.24) is 9.55 Å². The lowest BCUT2D eigenvalue weighted by molar-refractivity contribution is 0.553. The van der Waals surface area contributed by atoms with E-state index in [2.05, 4.69) is 4.98 Å². The summed E-state index contributed by atoms with van der Waals surface area (Å²) in [7, 11) is -3.16. The molecule has 1 rings (SSSR count). The van der Waals surface area contributed by atoms with E-state index in [1.165, 1.54) is 6.20 Å². The van der Waals surface area contributed by atoms with Crippen molar-refractivity contribution in [3.05, 3.63) is 18.2 Å². The van der Waals surface area contributed by atoms with Crippen molar-refractivity contribution in [2.75, 3.05) is 5.75 Å². The first-order valence-corrected chi connectivity index (χ1v) is 6.57. The maximum atomic E-state index is 11.8. The number of aromatic nitrogens is 2. The lowest BCUT2D eigenvalue weighted by atomic mass is 10.3. The van der Waals surface area contributed by atoms with E-state index < -0.39 is 14.6 Å². The number of aryl methyl sites for hydroxylation is 1. The Hall–Kier alpha value is -1.35. The molecule has 0 aliphatic heterocycles. The number of hydrogen-bond donors (Lipinski definition) is 0. The Morgan fingerprint density at radius 2 is 2.12 bits per heavy atom. The molecule has 0 saturated carbocycles. The van der Waals surface area contributed by atoms with Gasteiger partial charge in [-0.2, -0.15) is 5.26 Å². The molecular weight excluding hydrogens is 226 g/mol. The third-order valence-electron chi connectivity index (χ3n) is 2.35. The van der Waals surface area contributed by atoms with Gasteiger partial charge >= 0.3 is 0 Å². The fourth-order valence-electron chi connectivity index (χ4n) is 1.13. The molecule has 6 heteroatoms. The minimum Gasteiger partial charge on any atom is -0.322 e. The summed E-state index contributed by atoms with van der Waals surface area (Å²) in [4.78, 5) is 3.80. The zero-order chi connectivity index (χ0) is 12.4. The predicted molar refractivity (Wildman–Crippen MR) is 60.5 cm³/mol. The molecule has 1 aromatic heterocycles. The molecule has 16 heavy (non-hydrogen) atoms. The van der Waals surface area contributed by atoms with Crippen molar-refractivity contribution in [3.8, 4) is 6.07 Å². The summed E-state index contributed by atoms with van der Waals surface area (Å²) in [5.41, 5.74) is 0. The third-order valence-corrected chi connectivity index (χ3v) is 4.94. The summed E-state index contributed by atoms with van der Waals surface area (Å²) in [6.07, 6.45) is 3.10.